The van der Waals surface area contributed by atoms with E-state index < -0.39 is 0 Å². The number of nitrogens with zero attached hydrogens (tertiary/aromatic N) is 3. The fourth-order valence-corrected chi connectivity index (χ4v) is 3.75. The van der Waals surface area contributed by atoms with Crippen molar-refractivity contribution < 1.29 is 4.74 Å². The highest BCUT2D eigenvalue weighted by Gasteiger charge is 2.23. The molecule has 7 heteroatoms. The summed E-state index contributed by atoms with van der Waals surface area (Å²) in [5, 5.41) is 0. The van der Waals surface area contributed by atoms with Gasteiger partial charge in [0.1, 0.15) is 11.5 Å². The number of nitrogen functional groups attached to an aromatic ring is 1. The van der Waals surface area contributed by atoms with Gasteiger partial charge in [-0.1, -0.05) is 58.4 Å². The first kappa shape index (κ1) is 22.2. The van der Waals surface area contributed by atoms with Crippen LogP contribution in [0, 0.1) is 0 Å². The van der Waals surface area contributed by atoms with E-state index in [9.17, 15) is 9.59 Å². The quantitative estimate of drug-likeness (QED) is 0.786. The Morgan fingerprint density at radius 1 is 1.03 bits per heavy atom. The summed E-state index contributed by atoms with van der Waals surface area (Å²) in [6, 6.07) is 8.12. The minimum Gasteiger partial charge on any atom is -0.383 e. The molecular formula is C23H34N4O3. The molecule has 3 rings (SSSR count). The van der Waals surface area contributed by atoms with E-state index in [0.29, 0.717) is 38.5 Å². The Labute approximate surface area is 178 Å². The van der Waals surface area contributed by atoms with Gasteiger partial charge in [-0.15, -0.1) is 0 Å². The van der Waals surface area contributed by atoms with Crippen molar-refractivity contribution in [1.29, 1.82) is 0 Å². The molecule has 0 radical (unpaired) electrons. The Hall–Kier alpha value is -2.54. The molecule has 2 N–H and O–H groups in total. The van der Waals surface area contributed by atoms with Crippen molar-refractivity contribution >= 4 is 11.5 Å². The Kier molecular flexibility index (Phi) is 6.71. The smallest absolute Gasteiger partial charge is 0.332 e. The molecule has 0 bridgehead atoms. The van der Waals surface area contributed by atoms with Crippen LogP contribution in [0.4, 0.5) is 11.5 Å². The normalized spacial score (nSPS) is 14.9. The van der Waals surface area contributed by atoms with Crippen molar-refractivity contribution in [2.45, 2.75) is 59.0 Å². The number of morpholine rings is 1. The fourth-order valence-electron chi connectivity index (χ4n) is 3.75. The lowest BCUT2D eigenvalue weighted by Crippen LogP contribution is -2.47. The molecule has 0 atom stereocenters. The Morgan fingerprint density at radius 2 is 1.67 bits per heavy atom. The first-order chi connectivity index (χ1) is 14.2. The number of unbranched alkanes of at least 4 members (excludes halogenated alkanes) is 1. The molecule has 1 fully saturated rings. The molecule has 1 aromatic carbocycles. The van der Waals surface area contributed by atoms with Crippen molar-refractivity contribution in [2.24, 2.45) is 0 Å². The van der Waals surface area contributed by atoms with Crippen LogP contribution < -0.4 is 21.9 Å². The van der Waals surface area contributed by atoms with Crippen LogP contribution in [-0.2, 0) is 23.2 Å². The first-order valence-electron chi connectivity index (χ1n) is 10.8. The summed E-state index contributed by atoms with van der Waals surface area (Å²) in [6.45, 7) is 11.5. The third kappa shape index (κ3) is 4.61. The van der Waals surface area contributed by atoms with Crippen LogP contribution in [0.15, 0.2) is 33.9 Å². The summed E-state index contributed by atoms with van der Waals surface area (Å²) in [5.74, 6) is 0.264. The van der Waals surface area contributed by atoms with E-state index >= 15 is 0 Å². The predicted molar refractivity (Wildman–Crippen MR) is 122 cm³/mol. The summed E-state index contributed by atoms with van der Waals surface area (Å²) in [5.41, 5.74) is 8.28. The van der Waals surface area contributed by atoms with E-state index in [4.69, 9.17) is 10.5 Å². The molecule has 1 aliphatic heterocycles. The van der Waals surface area contributed by atoms with Gasteiger partial charge in [-0.05, 0) is 23.0 Å². The van der Waals surface area contributed by atoms with Crippen molar-refractivity contribution in [3.8, 4) is 0 Å². The largest absolute Gasteiger partial charge is 0.383 e. The van der Waals surface area contributed by atoms with Gasteiger partial charge >= 0.3 is 5.69 Å². The Balaban J connectivity index is 2.06. The van der Waals surface area contributed by atoms with Gasteiger partial charge in [-0.3, -0.25) is 13.9 Å². The van der Waals surface area contributed by atoms with Gasteiger partial charge < -0.3 is 15.4 Å². The van der Waals surface area contributed by atoms with Gasteiger partial charge in [-0.25, -0.2) is 4.79 Å². The molecule has 164 valence electrons. The third-order valence-electron chi connectivity index (χ3n) is 5.67. The molecule has 0 amide bonds. The number of anilines is 2. The summed E-state index contributed by atoms with van der Waals surface area (Å²) in [7, 11) is 0. The molecule has 0 spiro atoms. The van der Waals surface area contributed by atoms with Gasteiger partial charge in [0.25, 0.3) is 5.56 Å². The van der Waals surface area contributed by atoms with E-state index in [1.54, 1.807) is 4.57 Å². The lowest BCUT2D eigenvalue weighted by atomic mass is 9.87. The minimum atomic E-state index is -0.345. The highest BCUT2D eigenvalue weighted by Crippen LogP contribution is 2.23. The zero-order valence-corrected chi connectivity index (χ0v) is 18.6. The number of aromatic nitrogens is 2. The van der Waals surface area contributed by atoms with Crippen LogP contribution in [0.5, 0.6) is 0 Å². The van der Waals surface area contributed by atoms with Crippen molar-refractivity contribution in [3.63, 3.8) is 0 Å². The minimum absolute atomic E-state index is 0.0485. The highest BCUT2D eigenvalue weighted by atomic mass is 16.5. The average molecular weight is 415 g/mol. The maximum atomic E-state index is 13.4. The maximum absolute atomic E-state index is 13.4. The number of hydrogen-bond donors (Lipinski definition) is 1. The zero-order chi connectivity index (χ0) is 21.9. The lowest BCUT2D eigenvalue weighted by Gasteiger charge is -2.30. The van der Waals surface area contributed by atoms with Crippen LogP contribution in [-0.4, -0.2) is 35.4 Å². The van der Waals surface area contributed by atoms with E-state index in [-0.39, 0.29) is 29.0 Å². The summed E-state index contributed by atoms with van der Waals surface area (Å²) >= 11 is 0. The average Bonchev–Trinajstić information content (AvgIpc) is 2.72. The van der Waals surface area contributed by atoms with Gasteiger partial charge in [0.05, 0.1) is 19.8 Å². The van der Waals surface area contributed by atoms with Crippen LogP contribution in [0.2, 0.25) is 0 Å². The number of hydrogen-bond acceptors (Lipinski definition) is 5. The van der Waals surface area contributed by atoms with Crippen LogP contribution in [0.3, 0.4) is 0 Å². The second kappa shape index (κ2) is 9.08. The van der Waals surface area contributed by atoms with Gasteiger partial charge in [0.2, 0.25) is 0 Å². The zero-order valence-electron chi connectivity index (χ0n) is 18.6. The van der Waals surface area contributed by atoms with E-state index in [0.717, 1.165) is 18.4 Å². The number of rotatable bonds is 6. The molecule has 1 saturated heterocycles. The predicted octanol–water partition coefficient (Wildman–Crippen LogP) is 2.57. The topological polar surface area (TPSA) is 82.5 Å². The molecule has 0 unspecified atom stereocenters. The monoisotopic (exact) mass is 414 g/mol. The Bertz CT molecular complexity index is 978. The molecule has 2 heterocycles. The van der Waals surface area contributed by atoms with Crippen molar-refractivity contribution in [1.82, 2.24) is 9.13 Å². The standard InChI is InChI=1S/C23H34N4O3/c1-5-6-11-26-20(24)19(25-12-14-30-15-13-25)21(28)27(22(26)29)16-17-7-9-18(10-8-17)23(2,3)4/h7-10H,5-6,11-16,24H2,1-4H3. The molecule has 0 aliphatic carbocycles. The van der Waals surface area contributed by atoms with E-state index in [1.165, 1.54) is 10.1 Å². The Morgan fingerprint density at radius 3 is 2.23 bits per heavy atom. The third-order valence-corrected chi connectivity index (χ3v) is 5.67. The fraction of sp³-hybridized carbons (Fsp3) is 0.565. The molecule has 1 aromatic heterocycles. The lowest BCUT2D eigenvalue weighted by molar-refractivity contribution is 0.122. The van der Waals surface area contributed by atoms with Gasteiger partial charge in [0, 0.05) is 19.6 Å². The summed E-state index contributed by atoms with van der Waals surface area (Å²) in [4.78, 5) is 28.5. The molecule has 1 aliphatic rings. The second-order valence-electron chi connectivity index (χ2n) is 8.96. The van der Waals surface area contributed by atoms with Gasteiger partial charge in [0.15, 0.2) is 0 Å². The summed E-state index contributed by atoms with van der Waals surface area (Å²) in [6.07, 6.45) is 1.76. The number of ether oxygens (including phenoxy) is 1. The van der Waals surface area contributed by atoms with Crippen LogP contribution in [0.1, 0.15) is 51.7 Å². The SMILES string of the molecule is CCCCn1c(N)c(N2CCOCC2)c(=O)n(Cc2ccc(C(C)(C)C)cc2)c1=O. The van der Waals surface area contributed by atoms with Crippen molar-refractivity contribution in [2.75, 3.05) is 36.9 Å². The molecule has 7 nitrogen and oxygen atoms in total. The van der Waals surface area contributed by atoms with Crippen LogP contribution >= 0.6 is 0 Å². The summed E-state index contributed by atoms with van der Waals surface area (Å²) < 4.78 is 8.30. The van der Waals surface area contributed by atoms with Crippen molar-refractivity contribution in [3.05, 3.63) is 56.2 Å². The first-order valence-corrected chi connectivity index (χ1v) is 10.8. The number of benzene rings is 1. The molecule has 2 aromatic rings. The van der Waals surface area contributed by atoms with E-state index in [1.807, 2.05) is 17.0 Å². The second-order valence-corrected chi connectivity index (χ2v) is 8.96. The molecule has 30 heavy (non-hydrogen) atoms. The van der Waals surface area contributed by atoms with Crippen LogP contribution in [0.25, 0.3) is 0 Å². The van der Waals surface area contributed by atoms with E-state index in [2.05, 4.69) is 39.8 Å². The molecular weight excluding hydrogens is 380 g/mol. The maximum Gasteiger partial charge on any atom is 0.332 e. The molecule has 0 saturated carbocycles. The number of nitrogens with two attached hydrogens (primary N) is 1. The van der Waals surface area contributed by atoms with Gasteiger partial charge in [-0.2, -0.15) is 0 Å². The highest BCUT2D eigenvalue weighted by molar-refractivity contribution is 5.63.